The van der Waals surface area contributed by atoms with Crippen LogP contribution in [-0.4, -0.2) is 20.3 Å². The molecule has 0 N–H and O–H groups in total. The Morgan fingerprint density at radius 2 is 1.41 bits per heavy atom. The maximum Gasteiger partial charge on any atom is 0.298 e. The van der Waals surface area contributed by atoms with Gasteiger partial charge in [0.2, 0.25) is 0 Å². The molecule has 0 saturated carbocycles. The lowest BCUT2D eigenvalue weighted by atomic mass is 9.86. The van der Waals surface area contributed by atoms with Gasteiger partial charge in [0.05, 0.1) is 5.60 Å². The number of hydrogen-bond acceptors (Lipinski definition) is 3. The lowest BCUT2D eigenvalue weighted by Gasteiger charge is -2.36. The minimum Gasteiger partial charge on any atom is -0.381 e. The second kappa shape index (κ2) is 9.25. The summed E-state index contributed by atoms with van der Waals surface area (Å²) in [6, 6.07) is 14.8. The van der Waals surface area contributed by atoms with Crippen LogP contribution in [0.25, 0.3) is 0 Å². The maximum absolute atomic E-state index is 14.8. The van der Waals surface area contributed by atoms with Crippen molar-refractivity contribution in [2.24, 2.45) is 0 Å². The monoisotopic (exact) mass is 462 g/mol. The summed E-state index contributed by atoms with van der Waals surface area (Å²) in [6.45, 7) is 1.08. The molecule has 0 amide bonds. The summed E-state index contributed by atoms with van der Waals surface area (Å²) >= 11 is 1.28. The van der Waals surface area contributed by atoms with Gasteiger partial charge in [-0.25, -0.2) is 8.78 Å². The second-order valence-corrected chi connectivity index (χ2v) is 8.84. The Hall–Kier alpha value is -2.35. The zero-order chi connectivity index (χ0) is 22.8. The molecule has 3 aromatic carbocycles. The van der Waals surface area contributed by atoms with Gasteiger partial charge >= 0.3 is 0 Å². The van der Waals surface area contributed by atoms with Gasteiger partial charge in [-0.05, 0) is 60.2 Å². The molecular weight excluding hydrogens is 440 g/mol. The average molecular weight is 463 g/mol. The summed E-state index contributed by atoms with van der Waals surface area (Å²) in [4.78, 5) is 1.35. The Morgan fingerprint density at radius 1 is 0.812 bits per heavy atom. The van der Waals surface area contributed by atoms with E-state index in [4.69, 9.17) is 9.47 Å². The lowest BCUT2D eigenvalue weighted by molar-refractivity contribution is -0.0950. The normalized spacial score (nSPS) is 16.2. The van der Waals surface area contributed by atoms with E-state index in [0.29, 0.717) is 35.8 Å². The van der Waals surface area contributed by atoms with Crippen molar-refractivity contribution in [1.82, 2.24) is 0 Å². The van der Waals surface area contributed by atoms with Crippen molar-refractivity contribution in [2.45, 2.75) is 34.2 Å². The maximum atomic E-state index is 14.8. The first kappa shape index (κ1) is 22.8. The highest BCUT2D eigenvalue weighted by Crippen LogP contribution is 2.40. The predicted octanol–water partition coefficient (Wildman–Crippen LogP) is 6.91. The van der Waals surface area contributed by atoms with Crippen LogP contribution >= 0.6 is 11.8 Å². The van der Waals surface area contributed by atoms with E-state index in [2.05, 4.69) is 0 Å². The SMILES string of the molecule is COC1(c2cc(F)cc(Sc3ccc(C(F)(F)c4ccc(F)cc4)cc3)c2)CCOCC1. The predicted molar refractivity (Wildman–Crippen MR) is 115 cm³/mol. The number of methoxy groups -OCH3 is 1. The molecule has 0 radical (unpaired) electrons. The fraction of sp³-hybridized carbons (Fsp3) is 0.280. The first-order chi connectivity index (χ1) is 15.3. The molecule has 4 rings (SSSR count). The quantitative estimate of drug-likeness (QED) is 0.371. The van der Waals surface area contributed by atoms with Crippen molar-refractivity contribution >= 4 is 11.8 Å². The number of halogens is 4. The van der Waals surface area contributed by atoms with Gasteiger partial charge in [-0.3, -0.25) is 0 Å². The largest absolute Gasteiger partial charge is 0.381 e. The molecule has 1 heterocycles. The van der Waals surface area contributed by atoms with Gasteiger partial charge in [0.15, 0.2) is 0 Å². The third kappa shape index (κ3) is 4.70. The van der Waals surface area contributed by atoms with Crippen LogP contribution < -0.4 is 0 Å². The third-order valence-electron chi connectivity index (χ3n) is 5.75. The summed E-state index contributed by atoms with van der Waals surface area (Å²) in [5, 5.41) is 0. The van der Waals surface area contributed by atoms with Crippen LogP contribution in [0.15, 0.2) is 76.5 Å². The summed E-state index contributed by atoms with van der Waals surface area (Å²) < 4.78 is 68.2. The van der Waals surface area contributed by atoms with Crippen LogP contribution in [0.2, 0.25) is 0 Å². The fourth-order valence-corrected chi connectivity index (χ4v) is 4.79. The summed E-state index contributed by atoms with van der Waals surface area (Å²) in [5.41, 5.74) is -0.342. The number of alkyl halides is 2. The number of benzene rings is 3. The Kier molecular flexibility index (Phi) is 6.60. The molecule has 1 fully saturated rings. The molecule has 3 aromatic rings. The molecule has 0 aromatic heterocycles. The number of rotatable bonds is 6. The molecule has 1 aliphatic heterocycles. The van der Waals surface area contributed by atoms with Gasteiger partial charge in [0, 0.05) is 54.1 Å². The summed E-state index contributed by atoms with van der Waals surface area (Å²) in [7, 11) is 1.61. The minimum absolute atomic E-state index is 0.200. The van der Waals surface area contributed by atoms with Crippen molar-refractivity contribution in [3.8, 4) is 0 Å². The van der Waals surface area contributed by atoms with Gasteiger partial charge in [-0.1, -0.05) is 23.9 Å². The zero-order valence-corrected chi connectivity index (χ0v) is 18.2. The van der Waals surface area contributed by atoms with Crippen molar-refractivity contribution < 1.29 is 27.0 Å². The van der Waals surface area contributed by atoms with E-state index < -0.39 is 17.3 Å². The number of ether oxygens (including phenoxy) is 2. The highest BCUT2D eigenvalue weighted by atomic mass is 32.2. The van der Waals surface area contributed by atoms with E-state index in [1.807, 2.05) is 6.07 Å². The average Bonchev–Trinajstić information content (AvgIpc) is 2.80. The smallest absolute Gasteiger partial charge is 0.298 e. The molecule has 168 valence electrons. The van der Waals surface area contributed by atoms with Crippen LogP contribution in [0.1, 0.15) is 29.5 Å². The van der Waals surface area contributed by atoms with Crippen molar-refractivity contribution in [3.05, 3.63) is 95.1 Å². The van der Waals surface area contributed by atoms with Gasteiger partial charge in [0.1, 0.15) is 11.6 Å². The van der Waals surface area contributed by atoms with Crippen LogP contribution in [0.4, 0.5) is 17.6 Å². The van der Waals surface area contributed by atoms with Crippen LogP contribution in [0, 0.1) is 11.6 Å². The third-order valence-corrected chi connectivity index (χ3v) is 6.73. The molecule has 0 aliphatic carbocycles. The molecule has 0 unspecified atom stereocenters. The van der Waals surface area contributed by atoms with Gasteiger partial charge in [-0.2, -0.15) is 8.78 Å². The standard InChI is InChI=1S/C25H22F4O2S/c1-30-24(10-12-31-13-11-24)19-14-21(27)16-23(15-19)32-22-8-4-18(5-9-22)25(28,29)17-2-6-20(26)7-3-17/h2-9,14-16H,10-13H2,1H3. The Bertz CT molecular complexity index is 1060. The van der Waals surface area contributed by atoms with E-state index in [0.717, 1.165) is 29.8 Å². The highest BCUT2D eigenvalue weighted by Gasteiger charge is 2.35. The molecule has 2 nitrogen and oxygen atoms in total. The molecule has 0 spiro atoms. The molecule has 0 atom stereocenters. The van der Waals surface area contributed by atoms with Gasteiger partial charge in [0.25, 0.3) is 5.92 Å². The topological polar surface area (TPSA) is 18.5 Å². The molecule has 7 heteroatoms. The van der Waals surface area contributed by atoms with E-state index >= 15 is 0 Å². The molecular formula is C25H22F4O2S. The molecule has 1 saturated heterocycles. The minimum atomic E-state index is -3.25. The Labute approximate surface area is 188 Å². The van der Waals surface area contributed by atoms with Crippen molar-refractivity contribution in [1.29, 1.82) is 0 Å². The second-order valence-electron chi connectivity index (χ2n) is 7.69. The first-order valence-electron chi connectivity index (χ1n) is 10.2. The lowest BCUT2D eigenvalue weighted by Crippen LogP contribution is -2.35. The van der Waals surface area contributed by atoms with E-state index in [1.54, 1.807) is 19.2 Å². The summed E-state index contributed by atoms with van der Waals surface area (Å²) in [5.74, 6) is -4.20. The molecule has 1 aliphatic rings. The first-order valence-corrected chi connectivity index (χ1v) is 11.0. The van der Waals surface area contributed by atoms with Crippen molar-refractivity contribution in [3.63, 3.8) is 0 Å². The highest BCUT2D eigenvalue weighted by molar-refractivity contribution is 7.99. The van der Waals surface area contributed by atoms with Crippen LogP contribution in [-0.2, 0) is 21.0 Å². The van der Waals surface area contributed by atoms with E-state index in [9.17, 15) is 17.6 Å². The molecule has 0 bridgehead atoms. The van der Waals surface area contributed by atoms with Gasteiger partial charge in [-0.15, -0.1) is 0 Å². The Balaban J connectivity index is 1.56. The molecule has 32 heavy (non-hydrogen) atoms. The van der Waals surface area contributed by atoms with Gasteiger partial charge < -0.3 is 9.47 Å². The summed E-state index contributed by atoms with van der Waals surface area (Å²) in [6.07, 6.45) is 1.26. The van der Waals surface area contributed by atoms with Crippen molar-refractivity contribution in [2.75, 3.05) is 20.3 Å². The Morgan fingerprint density at radius 3 is 2.00 bits per heavy atom. The van der Waals surface area contributed by atoms with E-state index in [1.165, 1.54) is 36.0 Å². The van der Waals surface area contributed by atoms with E-state index in [-0.39, 0.29) is 16.9 Å². The zero-order valence-electron chi connectivity index (χ0n) is 17.4. The van der Waals surface area contributed by atoms with Crippen LogP contribution in [0.5, 0.6) is 0 Å². The van der Waals surface area contributed by atoms with Crippen LogP contribution in [0.3, 0.4) is 0 Å². The number of hydrogen-bond donors (Lipinski definition) is 0. The fourth-order valence-electron chi connectivity index (χ4n) is 3.89.